The van der Waals surface area contributed by atoms with Crippen molar-refractivity contribution in [1.29, 1.82) is 0 Å². The van der Waals surface area contributed by atoms with Crippen molar-refractivity contribution in [1.82, 2.24) is 4.98 Å². The van der Waals surface area contributed by atoms with Crippen molar-refractivity contribution in [2.75, 3.05) is 6.61 Å². The van der Waals surface area contributed by atoms with Crippen LogP contribution in [-0.2, 0) is 9.53 Å². The number of ketones is 1. The monoisotopic (exact) mass is 251 g/mol. The van der Waals surface area contributed by atoms with Crippen molar-refractivity contribution < 1.29 is 14.3 Å². The first kappa shape index (κ1) is 11.7. The summed E-state index contributed by atoms with van der Waals surface area (Å²) >= 11 is 5.97. The number of carbonyl (C=O) groups is 2. The highest BCUT2D eigenvalue weighted by Crippen LogP contribution is 2.26. The van der Waals surface area contributed by atoms with Crippen LogP contribution in [0.15, 0.2) is 24.4 Å². The maximum Gasteiger partial charge on any atom is 0.379 e. The second-order valence-electron chi connectivity index (χ2n) is 3.41. The molecule has 0 saturated heterocycles. The van der Waals surface area contributed by atoms with Crippen LogP contribution in [0, 0.1) is 0 Å². The summed E-state index contributed by atoms with van der Waals surface area (Å²) in [5.74, 6) is -1.55. The summed E-state index contributed by atoms with van der Waals surface area (Å²) in [6.45, 7) is 1.82. The summed E-state index contributed by atoms with van der Waals surface area (Å²) in [6.07, 6.45) is 1.58. The van der Waals surface area contributed by atoms with Crippen LogP contribution in [0.25, 0.3) is 10.9 Å². The number of halogens is 1. The van der Waals surface area contributed by atoms with Crippen LogP contribution in [0.4, 0.5) is 0 Å². The topological polar surface area (TPSA) is 59.2 Å². The van der Waals surface area contributed by atoms with Gasteiger partial charge in [-0.05, 0) is 19.1 Å². The van der Waals surface area contributed by atoms with Crippen LogP contribution >= 0.6 is 11.6 Å². The summed E-state index contributed by atoms with van der Waals surface area (Å²) in [7, 11) is 0. The lowest BCUT2D eigenvalue weighted by Gasteiger charge is -2.02. The van der Waals surface area contributed by atoms with E-state index in [1.807, 2.05) is 0 Å². The number of aromatic nitrogens is 1. The Hall–Kier alpha value is -1.81. The molecule has 0 bridgehead atoms. The molecular formula is C12H10ClNO3. The zero-order valence-corrected chi connectivity index (χ0v) is 9.88. The predicted molar refractivity (Wildman–Crippen MR) is 64.3 cm³/mol. The molecule has 5 heteroatoms. The Bertz CT molecular complexity index is 588. The molecule has 0 unspecified atom stereocenters. The van der Waals surface area contributed by atoms with Crippen LogP contribution < -0.4 is 0 Å². The molecular weight excluding hydrogens is 242 g/mol. The first-order chi connectivity index (χ1) is 8.15. The Balaban J connectivity index is 2.51. The Kier molecular flexibility index (Phi) is 3.15. The van der Waals surface area contributed by atoms with Gasteiger partial charge < -0.3 is 9.72 Å². The molecule has 17 heavy (non-hydrogen) atoms. The van der Waals surface area contributed by atoms with E-state index >= 15 is 0 Å². The molecule has 1 N–H and O–H groups in total. The van der Waals surface area contributed by atoms with Crippen LogP contribution in [0.3, 0.4) is 0 Å². The maximum absolute atomic E-state index is 11.9. The minimum absolute atomic E-state index is 0.168. The average molecular weight is 252 g/mol. The van der Waals surface area contributed by atoms with Crippen molar-refractivity contribution in [3.63, 3.8) is 0 Å². The van der Waals surface area contributed by atoms with Gasteiger partial charge in [0, 0.05) is 22.7 Å². The minimum Gasteiger partial charge on any atom is -0.460 e. The predicted octanol–water partition coefficient (Wildman–Crippen LogP) is 2.57. The number of ether oxygens (including phenoxy) is 1. The van der Waals surface area contributed by atoms with E-state index in [0.29, 0.717) is 15.9 Å². The number of hydrogen-bond donors (Lipinski definition) is 1. The largest absolute Gasteiger partial charge is 0.460 e. The van der Waals surface area contributed by atoms with E-state index in [4.69, 9.17) is 11.6 Å². The van der Waals surface area contributed by atoms with E-state index < -0.39 is 11.8 Å². The van der Waals surface area contributed by atoms with Crippen LogP contribution in [-0.4, -0.2) is 23.3 Å². The molecule has 1 aromatic heterocycles. The Labute approximate surface area is 103 Å². The number of rotatable bonds is 3. The molecule has 0 saturated carbocycles. The second-order valence-corrected chi connectivity index (χ2v) is 3.82. The third-order valence-corrected chi connectivity index (χ3v) is 2.66. The molecule has 0 radical (unpaired) electrons. The van der Waals surface area contributed by atoms with E-state index in [0.717, 1.165) is 0 Å². The fourth-order valence-corrected chi connectivity index (χ4v) is 1.90. The highest BCUT2D eigenvalue weighted by molar-refractivity contribution is 6.45. The van der Waals surface area contributed by atoms with Crippen LogP contribution in [0.2, 0.25) is 5.02 Å². The fraction of sp³-hybridized carbons (Fsp3) is 0.167. The van der Waals surface area contributed by atoms with Gasteiger partial charge in [0.1, 0.15) is 0 Å². The number of nitrogens with one attached hydrogen (secondary N) is 1. The van der Waals surface area contributed by atoms with Gasteiger partial charge in [0.25, 0.3) is 5.78 Å². The number of H-pyrrole nitrogens is 1. The molecule has 0 fully saturated rings. The number of Topliss-reactive ketones (excluding diaryl/α,β-unsaturated/α-hetero) is 1. The number of aromatic amines is 1. The average Bonchev–Trinajstić information content (AvgIpc) is 2.71. The maximum atomic E-state index is 11.9. The first-order valence-electron chi connectivity index (χ1n) is 5.12. The number of benzene rings is 1. The molecule has 2 aromatic rings. The lowest BCUT2D eigenvalue weighted by atomic mass is 10.1. The lowest BCUT2D eigenvalue weighted by molar-refractivity contribution is -0.137. The van der Waals surface area contributed by atoms with E-state index in [-0.39, 0.29) is 12.2 Å². The third-order valence-electron chi connectivity index (χ3n) is 2.36. The summed E-state index contributed by atoms with van der Waals surface area (Å²) in [5, 5.41) is 0.959. The molecule has 0 amide bonds. The van der Waals surface area contributed by atoms with Gasteiger partial charge in [0.15, 0.2) is 0 Å². The Morgan fingerprint density at radius 2 is 2.18 bits per heavy atom. The van der Waals surface area contributed by atoms with E-state index in [1.54, 1.807) is 31.3 Å². The molecule has 0 spiro atoms. The van der Waals surface area contributed by atoms with Crippen molar-refractivity contribution in [2.24, 2.45) is 0 Å². The standard InChI is InChI=1S/C12H10ClNO3/c1-2-17-12(16)11(15)7-4-3-5-9-10(7)8(13)6-14-9/h3-6,14H,2H2,1H3. The van der Waals surface area contributed by atoms with Gasteiger partial charge in [-0.15, -0.1) is 0 Å². The summed E-state index contributed by atoms with van der Waals surface area (Å²) in [6, 6.07) is 5.02. The zero-order valence-electron chi connectivity index (χ0n) is 9.12. The molecule has 0 aliphatic heterocycles. The SMILES string of the molecule is CCOC(=O)C(=O)c1cccc2[nH]cc(Cl)c12. The summed E-state index contributed by atoms with van der Waals surface area (Å²) in [5.41, 5.74) is 0.970. The Morgan fingerprint density at radius 1 is 1.41 bits per heavy atom. The van der Waals surface area contributed by atoms with Gasteiger partial charge in [-0.3, -0.25) is 4.79 Å². The van der Waals surface area contributed by atoms with E-state index in [2.05, 4.69) is 9.72 Å². The van der Waals surface area contributed by atoms with Gasteiger partial charge in [-0.1, -0.05) is 17.7 Å². The number of fused-ring (bicyclic) bond motifs is 1. The van der Waals surface area contributed by atoms with Gasteiger partial charge in [0.2, 0.25) is 0 Å². The van der Waals surface area contributed by atoms with Gasteiger partial charge in [-0.2, -0.15) is 0 Å². The fourth-order valence-electron chi connectivity index (χ4n) is 1.64. The minimum atomic E-state index is -0.864. The lowest BCUT2D eigenvalue weighted by Crippen LogP contribution is -2.17. The number of esters is 1. The van der Waals surface area contributed by atoms with Crippen molar-refractivity contribution in [3.05, 3.63) is 35.0 Å². The van der Waals surface area contributed by atoms with Crippen LogP contribution in [0.1, 0.15) is 17.3 Å². The summed E-state index contributed by atoms with van der Waals surface area (Å²) < 4.78 is 4.68. The molecule has 2 rings (SSSR count). The molecule has 0 aliphatic rings. The van der Waals surface area contributed by atoms with E-state index in [1.165, 1.54) is 0 Å². The van der Waals surface area contributed by atoms with Gasteiger partial charge in [0.05, 0.1) is 11.6 Å². The normalized spacial score (nSPS) is 10.5. The molecule has 0 aliphatic carbocycles. The zero-order chi connectivity index (χ0) is 12.4. The molecule has 1 aromatic carbocycles. The van der Waals surface area contributed by atoms with Crippen molar-refractivity contribution in [3.8, 4) is 0 Å². The molecule has 1 heterocycles. The van der Waals surface area contributed by atoms with Crippen molar-refractivity contribution >= 4 is 34.3 Å². The van der Waals surface area contributed by atoms with Gasteiger partial charge in [-0.25, -0.2) is 4.79 Å². The molecule has 0 atom stereocenters. The third kappa shape index (κ3) is 2.03. The number of hydrogen-bond acceptors (Lipinski definition) is 3. The first-order valence-corrected chi connectivity index (χ1v) is 5.50. The molecule has 4 nitrogen and oxygen atoms in total. The number of carbonyl (C=O) groups excluding carboxylic acids is 2. The van der Waals surface area contributed by atoms with Crippen molar-refractivity contribution in [2.45, 2.75) is 6.92 Å². The molecule has 88 valence electrons. The Morgan fingerprint density at radius 3 is 2.88 bits per heavy atom. The second kappa shape index (κ2) is 4.59. The highest BCUT2D eigenvalue weighted by atomic mass is 35.5. The van der Waals surface area contributed by atoms with Crippen LogP contribution in [0.5, 0.6) is 0 Å². The summed E-state index contributed by atoms with van der Waals surface area (Å²) in [4.78, 5) is 26.2. The highest BCUT2D eigenvalue weighted by Gasteiger charge is 2.21. The van der Waals surface area contributed by atoms with Gasteiger partial charge >= 0.3 is 5.97 Å². The van der Waals surface area contributed by atoms with E-state index in [9.17, 15) is 9.59 Å². The quantitative estimate of drug-likeness (QED) is 0.518. The smallest absolute Gasteiger partial charge is 0.379 e.